The summed E-state index contributed by atoms with van der Waals surface area (Å²) >= 11 is 0. The van der Waals surface area contributed by atoms with Crippen LogP contribution in [0.3, 0.4) is 0 Å². The minimum atomic E-state index is 0.372. The zero-order valence-corrected chi connectivity index (χ0v) is 18.2. The molecule has 30 heavy (non-hydrogen) atoms. The molecule has 1 aliphatic carbocycles. The maximum atomic E-state index is 5.05. The lowest BCUT2D eigenvalue weighted by Gasteiger charge is -2.33. The van der Waals surface area contributed by atoms with Crippen LogP contribution in [0.15, 0.2) is 42.7 Å². The van der Waals surface area contributed by atoms with Crippen molar-refractivity contribution in [1.29, 1.82) is 0 Å². The predicted octanol–water partition coefficient (Wildman–Crippen LogP) is 2.99. The first-order chi connectivity index (χ1) is 14.7. The van der Waals surface area contributed by atoms with Crippen LogP contribution in [0.4, 0.5) is 0 Å². The third kappa shape index (κ3) is 3.87. The summed E-state index contributed by atoms with van der Waals surface area (Å²) in [6.07, 6.45) is 7.65. The highest BCUT2D eigenvalue weighted by Crippen LogP contribution is 2.33. The monoisotopic (exact) mass is 404 g/mol. The van der Waals surface area contributed by atoms with Crippen LogP contribution in [0, 0.1) is 0 Å². The van der Waals surface area contributed by atoms with Crippen LogP contribution >= 0.6 is 0 Å². The Bertz CT molecular complexity index is 1000. The Kier molecular flexibility index (Phi) is 5.54. The number of imidazole rings is 1. The van der Waals surface area contributed by atoms with Gasteiger partial charge in [-0.05, 0) is 57.1 Å². The van der Waals surface area contributed by atoms with Crippen molar-refractivity contribution < 1.29 is 0 Å². The molecule has 5 rings (SSSR count). The van der Waals surface area contributed by atoms with E-state index in [4.69, 9.17) is 9.97 Å². The van der Waals surface area contributed by atoms with Gasteiger partial charge in [-0.25, -0.2) is 4.98 Å². The molecule has 158 valence electrons. The maximum absolute atomic E-state index is 5.05. The molecular weight excluding hydrogens is 372 g/mol. The molecule has 2 aliphatic rings. The Morgan fingerprint density at radius 3 is 2.83 bits per heavy atom. The van der Waals surface area contributed by atoms with E-state index in [2.05, 4.69) is 69.7 Å². The van der Waals surface area contributed by atoms with Gasteiger partial charge in [-0.3, -0.25) is 14.8 Å². The molecule has 3 aromatic heterocycles. The Morgan fingerprint density at radius 2 is 1.97 bits per heavy atom. The van der Waals surface area contributed by atoms with E-state index < -0.39 is 0 Å². The SMILES string of the molecule is CN1CCN(Cc2c(CN(C)C3CCCc4cccnc43)nc3ccccn23)CC1. The zero-order valence-electron chi connectivity index (χ0n) is 18.2. The Hall–Kier alpha value is -2.28. The maximum Gasteiger partial charge on any atom is 0.137 e. The first-order valence-electron chi connectivity index (χ1n) is 11.2. The smallest absolute Gasteiger partial charge is 0.137 e. The van der Waals surface area contributed by atoms with Gasteiger partial charge < -0.3 is 9.30 Å². The second-order valence-electron chi connectivity index (χ2n) is 8.88. The van der Waals surface area contributed by atoms with Gasteiger partial charge in [0.1, 0.15) is 5.65 Å². The average Bonchev–Trinajstić information content (AvgIpc) is 3.11. The highest BCUT2D eigenvalue weighted by molar-refractivity contribution is 5.43. The van der Waals surface area contributed by atoms with Gasteiger partial charge in [-0.15, -0.1) is 0 Å². The van der Waals surface area contributed by atoms with Gasteiger partial charge in [0.15, 0.2) is 0 Å². The number of likely N-dealkylation sites (N-methyl/N-ethyl adjacent to an activating group) is 1. The number of nitrogens with zero attached hydrogens (tertiary/aromatic N) is 6. The first kappa shape index (κ1) is 19.7. The number of hydrogen-bond donors (Lipinski definition) is 0. The molecule has 0 aromatic carbocycles. The van der Waals surface area contributed by atoms with Crippen LogP contribution in [-0.4, -0.2) is 69.3 Å². The second kappa shape index (κ2) is 8.46. The summed E-state index contributed by atoms with van der Waals surface area (Å²) in [5.41, 5.74) is 6.25. The fraction of sp³-hybridized carbons (Fsp3) is 0.500. The molecule has 0 spiro atoms. The van der Waals surface area contributed by atoms with Gasteiger partial charge in [0.2, 0.25) is 0 Å². The third-order valence-electron chi connectivity index (χ3n) is 6.78. The summed E-state index contributed by atoms with van der Waals surface area (Å²) in [5.74, 6) is 0. The molecule has 0 radical (unpaired) electrons. The molecule has 1 aliphatic heterocycles. The standard InChI is InChI=1S/C24H32N6/c1-27-13-15-29(16-14-27)18-22-20(26-23-10-3-4-12-30(22)23)17-28(2)21-9-5-7-19-8-6-11-25-24(19)21/h3-4,6,8,10-12,21H,5,7,9,13-18H2,1-2H3. The predicted molar refractivity (Wildman–Crippen MR) is 119 cm³/mol. The molecule has 1 unspecified atom stereocenters. The van der Waals surface area contributed by atoms with Crippen LogP contribution in [0.2, 0.25) is 0 Å². The summed E-state index contributed by atoms with van der Waals surface area (Å²) in [6, 6.07) is 11.0. The number of fused-ring (bicyclic) bond motifs is 2. The van der Waals surface area contributed by atoms with E-state index in [0.717, 1.165) is 51.3 Å². The van der Waals surface area contributed by atoms with E-state index in [0.29, 0.717) is 6.04 Å². The number of aryl methyl sites for hydroxylation is 1. The van der Waals surface area contributed by atoms with Gasteiger partial charge in [0.25, 0.3) is 0 Å². The van der Waals surface area contributed by atoms with Crippen LogP contribution in [0.5, 0.6) is 0 Å². The van der Waals surface area contributed by atoms with Gasteiger partial charge in [0.05, 0.1) is 23.1 Å². The van der Waals surface area contributed by atoms with Gasteiger partial charge in [-0.1, -0.05) is 12.1 Å². The van der Waals surface area contributed by atoms with Crippen molar-refractivity contribution in [1.82, 2.24) is 29.1 Å². The first-order valence-corrected chi connectivity index (χ1v) is 11.2. The zero-order chi connectivity index (χ0) is 20.5. The number of pyridine rings is 2. The highest BCUT2D eigenvalue weighted by atomic mass is 15.3. The number of rotatable bonds is 5. The third-order valence-corrected chi connectivity index (χ3v) is 6.78. The second-order valence-corrected chi connectivity index (χ2v) is 8.88. The molecule has 0 N–H and O–H groups in total. The molecule has 6 heteroatoms. The Balaban J connectivity index is 1.41. The summed E-state index contributed by atoms with van der Waals surface area (Å²) in [7, 11) is 4.44. The molecule has 4 heterocycles. The molecule has 1 atom stereocenters. The van der Waals surface area contributed by atoms with Crippen molar-refractivity contribution in [2.24, 2.45) is 0 Å². The molecule has 0 amide bonds. The number of hydrogen-bond acceptors (Lipinski definition) is 5. The molecule has 6 nitrogen and oxygen atoms in total. The fourth-order valence-corrected chi connectivity index (χ4v) is 4.97. The van der Waals surface area contributed by atoms with E-state index in [1.54, 1.807) is 0 Å². The summed E-state index contributed by atoms with van der Waals surface area (Å²) in [5, 5.41) is 0. The lowest BCUT2D eigenvalue weighted by atomic mass is 9.91. The van der Waals surface area contributed by atoms with E-state index in [9.17, 15) is 0 Å². The van der Waals surface area contributed by atoms with Gasteiger partial charge >= 0.3 is 0 Å². The number of piperazine rings is 1. The van der Waals surface area contributed by atoms with Crippen molar-refractivity contribution in [3.05, 3.63) is 65.4 Å². The van der Waals surface area contributed by atoms with Gasteiger partial charge in [0, 0.05) is 51.7 Å². The minimum Gasteiger partial charge on any atom is -0.304 e. The molecule has 0 bridgehead atoms. The minimum absolute atomic E-state index is 0.372. The molecule has 0 saturated carbocycles. The normalized spacial score (nSPS) is 20.7. The molecule has 3 aromatic rings. The van der Waals surface area contributed by atoms with Crippen LogP contribution in [-0.2, 0) is 19.5 Å². The topological polar surface area (TPSA) is 39.9 Å². The molecule has 1 saturated heterocycles. The largest absolute Gasteiger partial charge is 0.304 e. The molecular formula is C24H32N6. The Morgan fingerprint density at radius 1 is 1.10 bits per heavy atom. The highest BCUT2D eigenvalue weighted by Gasteiger charge is 2.27. The van der Waals surface area contributed by atoms with Gasteiger partial charge in [-0.2, -0.15) is 0 Å². The lowest BCUT2D eigenvalue weighted by Crippen LogP contribution is -2.44. The Labute approximate surface area is 179 Å². The quantitative estimate of drug-likeness (QED) is 0.654. The van der Waals surface area contributed by atoms with Crippen molar-refractivity contribution >= 4 is 5.65 Å². The number of aromatic nitrogens is 3. The average molecular weight is 405 g/mol. The van der Waals surface area contributed by atoms with Crippen LogP contribution in [0.25, 0.3) is 5.65 Å². The van der Waals surface area contributed by atoms with Crippen molar-refractivity contribution in [3.63, 3.8) is 0 Å². The lowest BCUT2D eigenvalue weighted by molar-refractivity contribution is 0.145. The summed E-state index contributed by atoms with van der Waals surface area (Å²) in [6.45, 7) is 6.32. The van der Waals surface area contributed by atoms with Crippen molar-refractivity contribution in [3.8, 4) is 0 Å². The van der Waals surface area contributed by atoms with Crippen LogP contribution < -0.4 is 0 Å². The van der Waals surface area contributed by atoms with E-state index in [1.807, 2.05) is 6.20 Å². The van der Waals surface area contributed by atoms with Crippen LogP contribution in [0.1, 0.15) is 41.5 Å². The fourth-order valence-electron chi connectivity index (χ4n) is 4.97. The van der Waals surface area contributed by atoms with Crippen molar-refractivity contribution in [2.75, 3.05) is 40.3 Å². The summed E-state index contributed by atoms with van der Waals surface area (Å²) in [4.78, 5) is 17.2. The van der Waals surface area contributed by atoms with E-state index >= 15 is 0 Å². The summed E-state index contributed by atoms with van der Waals surface area (Å²) < 4.78 is 2.29. The molecule has 1 fully saturated rings. The van der Waals surface area contributed by atoms with E-state index in [1.165, 1.54) is 35.5 Å². The van der Waals surface area contributed by atoms with Crippen molar-refractivity contribution in [2.45, 2.75) is 38.4 Å². The van der Waals surface area contributed by atoms with E-state index in [-0.39, 0.29) is 0 Å².